The molecule has 0 saturated heterocycles. The minimum atomic E-state index is -0.933. The van der Waals surface area contributed by atoms with Crippen molar-refractivity contribution in [2.75, 3.05) is 24.6 Å². The van der Waals surface area contributed by atoms with Gasteiger partial charge in [-0.2, -0.15) is 0 Å². The lowest BCUT2D eigenvalue weighted by atomic mass is 10.1. The third-order valence-corrected chi connectivity index (χ3v) is 3.40. The fraction of sp³-hybridized carbons (Fsp3) is 0.500. The second kappa shape index (κ2) is 5.29. The predicted octanol–water partition coefficient (Wildman–Crippen LogP) is 2.63. The van der Waals surface area contributed by atoms with Gasteiger partial charge in [-0.15, -0.1) is 0 Å². The molecule has 4 nitrogen and oxygen atoms in total. The average molecular weight is 249 g/mol. The lowest BCUT2D eigenvalue weighted by Crippen LogP contribution is -2.36. The summed E-state index contributed by atoms with van der Waals surface area (Å²) in [4.78, 5) is 13.4. The molecular formula is C14H19NO3. The van der Waals surface area contributed by atoms with Gasteiger partial charge in [-0.25, -0.2) is 4.79 Å². The maximum Gasteiger partial charge on any atom is 0.339 e. The number of hydrogen-bond acceptors (Lipinski definition) is 3. The molecule has 1 aliphatic heterocycles. The van der Waals surface area contributed by atoms with Gasteiger partial charge in [0.15, 0.2) is 5.75 Å². The molecule has 0 amide bonds. The molecule has 0 radical (unpaired) electrons. The molecule has 0 bridgehead atoms. The molecule has 0 saturated carbocycles. The molecule has 1 aromatic carbocycles. The molecular weight excluding hydrogens is 230 g/mol. The Labute approximate surface area is 107 Å². The van der Waals surface area contributed by atoms with Gasteiger partial charge in [-0.1, -0.05) is 26.3 Å². The molecule has 1 aliphatic rings. The smallest absolute Gasteiger partial charge is 0.339 e. The van der Waals surface area contributed by atoms with Crippen molar-refractivity contribution in [3.8, 4) is 5.75 Å². The molecule has 1 heterocycles. The molecule has 2 rings (SSSR count). The summed E-state index contributed by atoms with van der Waals surface area (Å²) in [5.74, 6) is 0.168. The molecule has 0 fully saturated rings. The standard InChI is InChI=1S/C14H19NO3/c1-3-10(2)9-15-7-8-18-13-11(14(16)17)5-4-6-12(13)15/h4-6,10H,3,7-9H2,1-2H3,(H,16,17). The number of hydrogen-bond donors (Lipinski definition) is 1. The number of ether oxygens (including phenoxy) is 1. The lowest BCUT2D eigenvalue weighted by Gasteiger charge is -2.33. The van der Waals surface area contributed by atoms with Crippen LogP contribution in [0.5, 0.6) is 5.75 Å². The van der Waals surface area contributed by atoms with E-state index in [9.17, 15) is 4.79 Å². The van der Waals surface area contributed by atoms with Crippen molar-refractivity contribution >= 4 is 11.7 Å². The van der Waals surface area contributed by atoms with Gasteiger partial charge in [0.2, 0.25) is 0 Å². The highest BCUT2D eigenvalue weighted by atomic mass is 16.5. The predicted molar refractivity (Wildman–Crippen MR) is 70.6 cm³/mol. The highest BCUT2D eigenvalue weighted by Gasteiger charge is 2.24. The van der Waals surface area contributed by atoms with Crippen LogP contribution in [0, 0.1) is 5.92 Å². The van der Waals surface area contributed by atoms with Crippen molar-refractivity contribution in [3.63, 3.8) is 0 Å². The minimum absolute atomic E-state index is 0.251. The number of nitrogens with zero attached hydrogens (tertiary/aromatic N) is 1. The van der Waals surface area contributed by atoms with E-state index in [-0.39, 0.29) is 5.56 Å². The first-order valence-electron chi connectivity index (χ1n) is 6.37. The number of carboxylic acids is 1. The van der Waals surface area contributed by atoms with E-state index in [1.54, 1.807) is 12.1 Å². The second-order valence-electron chi connectivity index (χ2n) is 4.77. The summed E-state index contributed by atoms with van der Waals surface area (Å²) in [6.45, 7) is 6.68. The summed E-state index contributed by atoms with van der Waals surface area (Å²) in [7, 11) is 0. The van der Waals surface area contributed by atoms with E-state index in [4.69, 9.17) is 9.84 Å². The molecule has 98 valence electrons. The summed E-state index contributed by atoms with van der Waals surface area (Å²) in [6, 6.07) is 5.30. The zero-order valence-corrected chi connectivity index (χ0v) is 10.8. The SMILES string of the molecule is CCC(C)CN1CCOc2c(C(=O)O)cccc21. The lowest BCUT2D eigenvalue weighted by molar-refractivity contribution is 0.0692. The van der Waals surface area contributed by atoms with Crippen LogP contribution in [-0.4, -0.2) is 30.8 Å². The van der Waals surface area contributed by atoms with Crippen LogP contribution in [0.15, 0.2) is 18.2 Å². The van der Waals surface area contributed by atoms with Crippen molar-refractivity contribution in [2.24, 2.45) is 5.92 Å². The first-order chi connectivity index (χ1) is 8.63. The zero-order valence-electron chi connectivity index (χ0n) is 10.8. The van der Waals surface area contributed by atoms with Gasteiger partial charge in [0.05, 0.1) is 12.2 Å². The number of carbonyl (C=O) groups is 1. The Kier molecular flexibility index (Phi) is 3.75. The van der Waals surface area contributed by atoms with Crippen molar-refractivity contribution in [1.82, 2.24) is 0 Å². The van der Waals surface area contributed by atoms with Crippen LogP contribution in [0.4, 0.5) is 5.69 Å². The van der Waals surface area contributed by atoms with Gasteiger partial charge in [0, 0.05) is 6.54 Å². The number of fused-ring (bicyclic) bond motifs is 1. The van der Waals surface area contributed by atoms with Gasteiger partial charge in [0.25, 0.3) is 0 Å². The molecule has 0 spiro atoms. The average Bonchev–Trinajstić information content (AvgIpc) is 2.38. The summed E-state index contributed by atoms with van der Waals surface area (Å²) >= 11 is 0. The van der Waals surface area contributed by atoms with Gasteiger partial charge in [-0.3, -0.25) is 0 Å². The highest BCUT2D eigenvalue weighted by molar-refractivity contribution is 5.93. The van der Waals surface area contributed by atoms with Crippen molar-refractivity contribution in [1.29, 1.82) is 0 Å². The maximum absolute atomic E-state index is 11.2. The first kappa shape index (κ1) is 12.7. The molecule has 4 heteroatoms. The fourth-order valence-corrected chi connectivity index (χ4v) is 2.17. The molecule has 1 atom stereocenters. The van der Waals surface area contributed by atoms with Crippen LogP contribution in [0.1, 0.15) is 30.6 Å². The van der Waals surface area contributed by atoms with Crippen molar-refractivity contribution in [2.45, 2.75) is 20.3 Å². The van der Waals surface area contributed by atoms with Crippen molar-refractivity contribution in [3.05, 3.63) is 23.8 Å². The van der Waals surface area contributed by atoms with Gasteiger partial charge in [-0.05, 0) is 18.1 Å². The number of anilines is 1. The quantitative estimate of drug-likeness (QED) is 0.891. The van der Waals surface area contributed by atoms with E-state index < -0.39 is 5.97 Å². The number of benzene rings is 1. The maximum atomic E-state index is 11.2. The fourth-order valence-electron chi connectivity index (χ4n) is 2.17. The Morgan fingerprint density at radius 2 is 2.33 bits per heavy atom. The minimum Gasteiger partial charge on any atom is -0.489 e. The van der Waals surface area contributed by atoms with Crippen LogP contribution in [0.3, 0.4) is 0 Å². The van der Waals surface area contributed by atoms with E-state index in [0.717, 1.165) is 25.2 Å². The number of rotatable bonds is 4. The zero-order chi connectivity index (χ0) is 13.1. The molecule has 1 unspecified atom stereocenters. The first-order valence-corrected chi connectivity index (χ1v) is 6.37. The number of para-hydroxylation sites is 1. The van der Waals surface area contributed by atoms with E-state index in [1.807, 2.05) is 6.07 Å². The normalized spacial score (nSPS) is 15.8. The van der Waals surface area contributed by atoms with Gasteiger partial charge >= 0.3 is 5.97 Å². The Morgan fingerprint density at radius 3 is 3.00 bits per heavy atom. The van der Waals surface area contributed by atoms with Crippen molar-refractivity contribution < 1.29 is 14.6 Å². The van der Waals surface area contributed by atoms with E-state index in [2.05, 4.69) is 18.7 Å². The summed E-state index contributed by atoms with van der Waals surface area (Å²) in [6.07, 6.45) is 1.12. The largest absolute Gasteiger partial charge is 0.489 e. The summed E-state index contributed by atoms with van der Waals surface area (Å²) in [5.41, 5.74) is 1.16. The third-order valence-electron chi connectivity index (χ3n) is 3.40. The molecule has 0 aromatic heterocycles. The van der Waals surface area contributed by atoms with Gasteiger partial charge < -0.3 is 14.7 Å². The number of aromatic carboxylic acids is 1. The van der Waals surface area contributed by atoms with Crippen LogP contribution in [0.2, 0.25) is 0 Å². The van der Waals surface area contributed by atoms with Gasteiger partial charge in [0.1, 0.15) is 12.2 Å². The van der Waals surface area contributed by atoms with E-state index in [1.165, 1.54) is 0 Å². The van der Waals surface area contributed by atoms with E-state index >= 15 is 0 Å². The van der Waals surface area contributed by atoms with E-state index in [0.29, 0.717) is 18.3 Å². The number of carboxylic acid groups (broad SMARTS) is 1. The molecule has 1 aromatic rings. The summed E-state index contributed by atoms with van der Waals surface area (Å²) < 4.78 is 5.54. The van der Waals surface area contributed by atoms with Crippen LogP contribution < -0.4 is 9.64 Å². The Morgan fingerprint density at radius 1 is 1.56 bits per heavy atom. The highest BCUT2D eigenvalue weighted by Crippen LogP contribution is 2.35. The second-order valence-corrected chi connectivity index (χ2v) is 4.77. The van der Waals surface area contributed by atoms with Crippen LogP contribution in [-0.2, 0) is 0 Å². The third kappa shape index (κ3) is 2.42. The summed E-state index contributed by atoms with van der Waals surface area (Å²) in [5, 5.41) is 9.16. The Hall–Kier alpha value is -1.71. The molecule has 0 aliphatic carbocycles. The topological polar surface area (TPSA) is 49.8 Å². The molecule has 18 heavy (non-hydrogen) atoms. The molecule has 1 N–H and O–H groups in total. The monoisotopic (exact) mass is 249 g/mol. The Balaban J connectivity index is 2.32. The van der Waals surface area contributed by atoms with Crippen LogP contribution >= 0.6 is 0 Å². The Bertz CT molecular complexity index is 445. The van der Waals surface area contributed by atoms with Crippen LogP contribution in [0.25, 0.3) is 0 Å².